The topological polar surface area (TPSA) is 45.7 Å². The lowest BCUT2D eigenvalue weighted by molar-refractivity contribution is 0.322. The van der Waals surface area contributed by atoms with Gasteiger partial charge in [-0.15, -0.1) is 0 Å². The van der Waals surface area contributed by atoms with Crippen LogP contribution < -0.4 is 15.4 Å². The molecule has 1 aromatic rings. The van der Waals surface area contributed by atoms with E-state index in [9.17, 15) is 0 Å². The summed E-state index contributed by atoms with van der Waals surface area (Å²) in [5.41, 5.74) is 0. The Balaban J connectivity index is 1.67. The zero-order valence-corrected chi connectivity index (χ0v) is 10.5. The molecular formula is C12H16ClN3O. The molecule has 0 aliphatic carbocycles. The maximum atomic E-state index is 5.85. The second-order valence-corrected chi connectivity index (χ2v) is 4.40. The van der Waals surface area contributed by atoms with Gasteiger partial charge in [-0.25, -0.2) is 0 Å². The number of hydrogen-bond donors (Lipinski definition) is 2. The highest BCUT2D eigenvalue weighted by molar-refractivity contribution is 6.30. The molecule has 1 aromatic carbocycles. The quantitative estimate of drug-likeness (QED) is 0.803. The number of ether oxygens (including phenoxy) is 1. The van der Waals surface area contributed by atoms with Gasteiger partial charge in [-0.05, 0) is 25.1 Å². The monoisotopic (exact) mass is 253 g/mol. The number of nitrogens with one attached hydrogen (secondary N) is 2. The highest BCUT2D eigenvalue weighted by Gasteiger charge is 2.10. The largest absolute Gasteiger partial charge is 0.492 e. The Bertz CT molecular complexity index is 408. The number of aliphatic imine (C=N–C) groups is 1. The SMILES string of the molecule is CC1CN=C(NCCOc2cccc(Cl)c2)N1. The van der Waals surface area contributed by atoms with E-state index in [4.69, 9.17) is 16.3 Å². The fourth-order valence-electron chi connectivity index (χ4n) is 1.55. The lowest BCUT2D eigenvalue weighted by Crippen LogP contribution is -2.39. The number of halogens is 1. The molecular weight excluding hydrogens is 238 g/mol. The minimum atomic E-state index is 0.423. The summed E-state index contributed by atoms with van der Waals surface area (Å²) in [7, 11) is 0. The van der Waals surface area contributed by atoms with Gasteiger partial charge in [0, 0.05) is 11.1 Å². The van der Waals surface area contributed by atoms with Crippen molar-refractivity contribution in [2.45, 2.75) is 13.0 Å². The summed E-state index contributed by atoms with van der Waals surface area (Å²) in [6.45, 7) is 4.22. The van der Waals surface area contributed by atoms with Crippen LogP contribution in [0.4, 0.5) is 0 Å². The van der Waals surface area contributed by atoms with E-state index in [2.05, 4.69) is 22.5 Å². The average Bonchev–Trinajstić information content (AvgIpc) is 2.71. The predicted molar refractivity (Wildman–Crippen MR) is 69.8 cm³/mol. The Morgan fingerprint density at radius 3 is 3.18 bits per heavy atom. The molecule has 17 heavy (non-hydrogen) atoms. The minimum absolute atomic E-state index is 0.423. The zero-order valence-electron chi connectivity index (χ0n) is 9.74. The molecule has 2 N–H and O–H groups in total. The van der Waals surface area contributed by atoms with E-state index in [0.29, 0.717) is 24.2 Å². The number of guanidine groups is 1. The molecule has 0 bridgehead atoms. The lowest BCUT2D eigenvalue weighted by Gasteiger charge is -2.10. The lowest BCUT2D eigenvalue weighted by atomic mass is 10.3. The molecule has 2 rings (SSSR count). The summed E-state index contributed by atoms with van der Waals surface area (Å²) < 4.78 is 5.54. The van der Waals surface area contributed by atoms with E-state index in [1.807, 2.05) is 18.2 Å². The summed E-state index contributed by atoms with van der Waals surface area (Å²) in [6.07, 6.45) is 0. The molecule has 1 aliphatic rings. The van der Waals surface area contributed by atoms with E-state index >= 15 is 0 Å². The van der Waals surface area contributed by atoms with Crippen molar-refractivity contribution in [3.05, 3.63) is 29.3 Å². The number of benzene rings is 1. The number of hydrogen-bond acceptors (Lipinski definition) is 4. The Kier molecular flexibility index (Phi) is 4.09. The molecule has 1 atom stereocenters. The van der Waals surface area contributed by atoms with Gasteiger partial charge in [0.2, 0.25) is 0 Å². The maximum Gasteiger partial charge on any atom is 0.191 e. The standard InChI is InChI=1S/C12H16ClN3O/c1-9-8-15-12(16-9)14-5-6-17-11-4-2-3-10(13)7-11/h2-4,7,9H,5-6,8H2,1H3,(H2,14,15,16). The Hall–Kier alpha value is -1.42. The van der Waals surface area contributed by atoms with Crippen molar-refractivity contribution in [2.24, 2.45) is 4.99 Å². The van der Waals surface area contributed by atoms with E-state index in [1.54, 1.807) is 6.07 Å². The van der Waals surface area contributed by atoms with Crippen LogP contribution >= 0.6 is 11.6 Å². The predicted octanol–water partition coefficient (Wildman–Crippen LogP) is 1.66. The second kappa shape index (κ2) is 5.77. The molecule has 0 amide bonds. The van der Waals surface area contributed by atoms with Crippen molar-refractivity contribution in [1.82, 2.24) is 10.6 Å². The molecule has 0 saturated heterocycles. The summed E-state index contributed by atoms with van der Waals surface area (Å²) in [5, 5.41) is 7.09. The van der Waals surface area contributed by atoms with Gasteiger partial charge in [-0.1, -0.05) is 17.7 Å². The molecule has 0 spiro atoms. The molecule has 4 nitrogen and oxygen atoms in total. The number of rotatable bonds is 4. The smallest absolute Gasteiger partial charge is 0.191 e. The van der Waals surface area contributed by atoms with E-state index in [-0.39, 0.29) is 0 Å². The molecule has 1 heterocycles. The normalized spacial score (nSPS) is 18.5. The summed E-state index contributed by atoms with van der Waals surface area (Å²) >= 11 is 5.85. The maximum absolute atomic E-state index is 5.85. The van der Waals surface area contributed by atoms with Crippen molar-refractivity contribution in [3.63, 3.8) is 0 Å². The molecule has 92 valence electrons. The van der Waals surface area contributed by atoms with Gasteiger partial charge < -0.3 is 15.4 Å². The Morgan fingerprint density at radius 1 is 1.59 bits per heavy atom. The first-order chi connectivity index (χ1) is 8.24. The van der Waals surface area contributed by atoms with Gasteiger partial charge in [-0.3, -0.25) is 4.99 Å². The number of nitrogens with zero attached hydrogens (tertiary/aromatic N) is 1. The molecule has 1 aliphatic heterocycles. The van der Waals surface area contributed by atoms with Crippen LogP contribution in [0.1, 0.15) is 6.92 Å². The van der Waals surface area contributed by atoms with Crippen molar-refractivity contribution in [3.8, 4) is 5.75 Å². The first-order valence-electron chi connectivity index (χ1n) is 5.67. The Morgan fingerprint density at radius 2 is 2.47 bits per heavy atom. The van der Waals surface area contributed by atoms with E-state index in [1.165, 1.54) is 0 Å². The van der Waals surface area contributed by atoms with Crippen LogP contribution in [0.3, 0.4) is 0 Å². The van der Waals surface area contributed by atoms with Gasteiger partial charge in [0.1, 0.15) is 12.4 Å². The second-order valence-electron chi connectivity index (χ2n) is 3.97. The summed E-state index contributed by atoms with van der Waals surface area (Å²) in [6, 6.07) is 7.81. The van der Waals surface area contributed by atoms with Gasteiger partial charge in [0.15, 0.2) is 5.96 Å². The van der Waals surface area contributed by atoms with Crippen molar-refractivity contribution in [1.29, 1.82) is 0 Å². The van der Waals surface area contributed by atoms with Gasteiger partial charge in [0.05, 0.1) is 13.1 Å². The van der Waals surface area contributed by atoms with Crippen LogP contribution in [0.25, 0.3) is 0 Å². The van der Waals surface area contributed by atoms with E-state index < -0.39 is 0 Å². The summed E-state index contributed by atoms with van der Waals surface area (Å²) in [5.74, 6) is 1.64. The first kappa shape index (κ1) is 12.0. The van der Waals surface area contributed by atoms with Crippen LogP contribution in [0.2, 0.25) is 5.02 Å². The first-order valence-corrected chi connectivity index (χ1v) is 6.05. The average molecular weight is 254 g/mol. The highest BCUT2D eigenvalue weighted by atomic mass is 35.5. The molecule has 0 saturated carbocycles. The molecule has 0 radical (unpaired) electrons. The van der Waals surface area contributed by atoms with Gasteiger partial charge >= 0.3 is 0 Å². The van der Waals surface area contributed by atoms with Crippen LogP contribution in [0.15, 0.2) is 29.3 Å². The third-order valence-electron chi connectivity index (χ3n) is 2.37. The fraction of sp³-hybridized carbons (Fsp3) is 0.417. The van der Waals surface area contributed by atoms with Crippen LogP contribution in [0.5, 0.6) is 5.75 Å². The van der Waals surface area contributed by atoms with Gasteiger partial charge in [-0.2, -0.15) is 0 Å². The molecule has 0 fully saturated rings. The van der Waals surface area contributed by atoms with Crippen molar-refractivity contribution in [2.75, 3.05) is 19.7 Å². The van der Waals surface area contributed by atoms with Gasteiger partial charge in [0.25, 0.3) is 0 Å². The molecule has 0 aromatic heterocycles. The minimum Gasteiger partial charge on any atom is -0.492 e. The third kappa shape index (κ3) is 3.82. The third-order valence-corrected chi connectivity index (χ3v) is 2.60. The molecule has 1 unspecified atom stereocenters. The van der Waals surface area contributed by atoms with Crippen LogP contribution in [0, 0.1) is 0 Å². The summed E-state index contributed by atoms with van der Waals surface area (Å²) in [4.78, 5) is 4.29. The van der Waals surface area contributed by atoms with Crippen molar-refractivity contribution < 1.29 is 4.74 Å². The fourth-order valence-corrected chi connectivity index (χ4v) is 1.74. The van der Waals surface area contributed by atoms with Crippen LogP contribution in [-0.2, 0) is 0 Å². The van der Waals surface area contributed by atoms with E-state index in [0.717, 1.165) is 18.3 Å². The Labute approximate surface area is 106 Å². The molecule has 5 heteroatoms. The van der Waals surface area contributed by atoms with Crippen LogP contribution in [-0.4, -0.2) is 31.7 Å². The zero-order chi connectivity index (χ0) is 12.1. The van der Waals surface area contributed by atoms with Crippen molar-refractivity contribution >= 4 is 17.6 Å². The highest BCUT2D eigenvalue weighted by Crippen LogP contribution is 2.16.